The van der Waals surface area contributed by atoms with Crippen LogP contribution in [0.5, 0.6) is 0 Å². The van der Waals surface area contributed by atoms with E-state index in [4.69, 9.17) is 4.74 Å². The van der Waals surface area contributed by atoms with Gasteiger partial charge in [-0.2, -0.15) is 0 Å². The maximum atomic E-state index is 14.9. The van der Waals surface area contributed by atoms with Crippen LogP contribution in [0.15, 0.2) is 98.1 Å². The van der Waals surface area contributed by atoms with Crippen molar-refractivity contribution in [3.8, 4) is 0 Å². The van der Waals surface area contributed by atoms with Gasteiger partial charge in [-0.1, -0.05) is 79.7 Å². The molecule has 3 aliphatic rings. The van der Waals surface area contributed by atoms with Crippen molar-refractivity contribution in [3.05, 3.63) is 104 Å². The minimum atomic E-state index is -1.16. The van der Waals surface area contributed by atoms with Gasteiger partial charge in [0.25, 0.3) is 5.91 Å². The predicted octanol–water partition coefficient (Wildman–Crippen LogP) is 5.11. The summed E-state index contributed by atoms with van der Waals surface area (Å²) < 4.78 is 7.01. The van der Waals surface area contributed by atoms with Crippen molar-refractivity contribution in [2.24, 2.45) is 11.8 Å². The number of nitrogens with zero attached hydrogens (tertiary/aromatic N) is 3. The summed E-state index contributed by atoms with van der Waals surface area (Å²) in [5.74, 6) is -2.23. The van der Waals surface area contributed by atoms with Crippen LogP contribution in [0.25, 0.3) is 10.8 Å². The molecule has 3 fully saturated rings. The highest BCUT2D eigenvalue weighted by atomic mass is 16.5. The highest BCUT2D eigenvalue weighted by Gasteiger charge is 2.79. The Labute approximate surface area is 270 Å². The van der Waals surface area contributed by atoms with Gasteiger partial charge >= 0.3 is 0 Å². The summed E-state index contributed by atoms with van der Waals surface area (Å²) in [6.07, 6.45) is 5.31. The van der Waals surface area contributed by atoms with E-state index in [-0.39, 0.29) is 37.4 Å². The standard InChI is InChI=1S/C38H43N3O5/c1-4-21-39(26-27-13-8-7-9-14-27)34(43)31-32-35(44)41(23-12-24-42)33(38(32)20-19-37(31,6-3)46-38)36(45)40(22-5-2)30-18-17-28-15-10-11-16-29(28)25-30/h4-5,7-11,13-18,25,31-33,42H,1-2,6,12,19-24,26H2,3H3/t31-,32+,33?,37+,38?/m1/s1. The Bertz CT molecular complexity index is 1640. The lowest BCUT2D eigenvalue weighted by atomic mass is 9.64. The van der Waals surface area contributed by atoms with Crippen LogP contribution < -0.4 is 4.90 Å². The first-order chi connectivity index (χ1) is 22.3. The minimum absolute atomic E-state index is 0.129. The number of rotatable bonds is 13. The highest BCUT2D eigenvalue weighted by molar-refractivity contribution is 6.06. The lowest BCUT2D eigenvalue weighted by molar-refractivity contribution is -0.151. The van der Waals surface area contributed by atoms with Gasteiger partial charge in [0.1, 0.15) is 11.6 Å². The summed E-state index contributed by atoms with van der Waals surface area (Å²) in [6, 6.07) is 22.7. The largest absolute Gasteiger partial charge is 0.396 e. The molecule has 8 heteroatoms. The number of aliphatic hydroxyl groups is 1. The minimum Gasteiger partial charge on any atom is -0.396 e. The molecule has 1 spiro atoms. The zero-order valence-electron chi connectivity index (χ0n) is 26.5. The van der Waals surface area contributed by atoms with E-state index in [9.17, 15) is 19.5 Å². The second kappa shape index (κ2) is 12.9. The summed E-state index contributed by atoms with van der Waals surface area (Å²) >= 11 is 0. The topological polar surface area (TPSA) is 90.4 Å². The van der Waals surface area contributed by atoms with Crippen molar-refractivity contribution < 1.29 is 24.2 Å². The van der Waals surface area contributed by atoms with E-state index in [1.165, 1.54) is 0 Å². The van der Waals surface area contributed by atoms with Crippen molar-refractivity contribution in [1.29, 1.82) is 0 Å². The quantitative estimate of drug-likeness (QED) is 0.268. The molecule has 1 N–H and O–H groups in total. The monoisotopic (exact) mass is 621 g/mol. The molecule has 3 aromatic rings. The van der Waals surface area contributed by atoms with Crippen LogP contribution in [-0.4, -0.2) is 76.1 Å². The number of aliphatic hydroxyl groups excluding tert-OH is 1. The molecule has 0 radical (unpaired) electrons. The van der Waals surface area contributed by atoms with Crippen molar-refractivity contribution >= 4 is 34.2 Å². The molecule has 46 heavy (non-hydrogen) atoms. The van der Waals surface area contributed by atoms with Gasteiger partial charge in [-0.25, -0.2) is 0 Å². The third kappa shape index (κ3) is 5.13. The highest BCUT2D eigenvalue weighted by Crippen LogP contribution is 2.64. The van der Waals surface area contributed by atoms with Crippen LogP contribution in [0.2, 0.25) is 0 Å². The summed E-state index contributed by atoms with van der Waals surface area (Å²) in [7, 11) is 0. The van der Waals surface area contributed by atoms with Crippen LogP contribution in [0.3, 0.4) is 0 Å². The van der Waals surface area contributed by atoms with E-state index in [1.807, 2.05) is 79.7 Å². The van der Waals surface area contributed by atoms with Crippen molar-refractivity contribution in [1.82, 2.24) is 9.80 Å². The van der Waals surface area contributed by atoms with Crippen LogP contribution >= 0.6 is 0 Å². The van der Waals surface area contributed by atoms with E-state index in [0.717, 1.165) is 16.3 Å². The smallest absolute Gasteiger partial charge is 0.253 e. The van der Waals surface area contributed by atoms with Gasteiger partial charge < -0.3 is 24.5 Å². The van der Waals surface area contributed by atoms with Gasteiger partial charge in [0.2, 0.25) is 11.8 Å². The molecule has 3 aromatic carbocycles. The molecule has 8 nitrogen and oxygen atoms in total. The fourth-order valence-corrected chi connectivity index (χ4v) is 8.19. The molecular formula is C38H43N3O5. The first-order valence-corrected chi connectivity index (χ1v) is 16.3. The van der Waals surface area contributed by atoms with Crippen molar-refractivity contribution in [3.63, 3.8) is 0 Å². The summed E-state index contributed by atoms with van der Waals surface area (Å²) in [5, 5.41) is 11.8. The van der Waals surface area contributed by atoms with Gasteiger partial charge in [-0.05, 0) is 54.2 Å². The Morgan fingerprint density at radius 1 is 0.978 bits per heavy atom. The number of benzene rings is 3. The van der Waals surface area contributed by atoms with Crippen LogP contribution in [-0.2, 0) is 25.7 Å². The maximum Gasteiger partial charge on any atom is 0.253 e. The number of carbonyl (C=O) groups is 3. The predicted molar refractivity (Wildman–Crippen MR) is 179 cm³/mol. The Balaban J connectivity index is 1.41. The first kappa shape index (κ1) is 31.7. The average molecular weight is 622 g/mol. The van der Waals surface area contributed by atoms with Crippen molar-refractivity contribution in [2.75, 3.05) is 31.1 Å². The van der Waals surface area contributed by atoms with Crippen LogP contribution in [0, 0.1) is 11.8 Å². The molecule has 240 valence electrons. The van der Waals surface area contributed by atoms with E-state index < -0.39 is 29.1 Å². The molecule has 2 bridgehead atoms. The molecule has 0 aromatic heterocycles. The Hall–Kier alpha value is -4.27. The number of fused-ring (bicyclic) bond motifs is 2. The van der Waals surface area contributed by atoms with Gasteiger partial charge in [0.15, 0.2) is 0 Å². The third-order valence-electron chi connectivity index (χ3n) is 10.2. The number of hydrogen-bond acceptors (Lipinski definition) is 5. The Morgan fingerprint density at radius 2 is 1.70 bits per heavy atom. The van der Waals surface area contributed by atoms with Gasteiger partial charge in [0, 0.05) is 38.5 Å². The normalized spacial score (nSPS) is 26.3. The molecule has 0 saturated carbocycles. The SMILES string of the molecule is C=CCN(Cc1ccccc1)C(=O)[C@H]1[C@H]2C(=O)N(CCCO)C(C(=O)N(CC=C)c3ccc4ccccc4c3)C23CC[C@]1(CC)O3. The second-order valence-electron chi connectivity index (χ2n) is 12.7. The maximum absolute atomic E-state index is 14.9. The third-order valence-corrected chi connectivity index (χ3v) is 10.2. The molecule has 3 aliphatic heterocycles. The fraction of sp³-hybridized carbons (Fsp3) is 0.395. The number of hydrogen-bond donors (Lipinski definition) is 1. The lowest BCUT2D eigenvalue weighted by Gasteiger charge is -2.37. The van der Waals surface area contributed by atoms with E-state index in [2.05, 4.69) is 13.2 Å². The Morgan fingerprint density at radius 3 is 2.39 bits per heavy atom. The molecule has 3 amide bonds. The van der Waals surface area contributed by atoms with Gasteiger partial charge in [0.05, 0.1) is 17.4 Å². The fourth-order valence-electron chi connectivity index (χ4n) is 8.19. The number of ether oxygens (including phenoxy) is 1. The van der Waals surface area contributed by atoms with Gasteiger partial charge in [-0.15, -0.1) is 13.2 Å². The summed E-state index contributed by atoms with van der Waals surface area (Å²) in [6.45, 7) is 10.8. The van der Waals surface area contributed by atoms with E-state index >= 15 is 0 Å². The zero-order valence-corrected chi connectivity index (χ0v) is 26.5. The number of amides is 3. The second-order valence-corrected chi connectivity index (χ2v) is 12.7. The van der Waals surface area contributed by atoms with Gasteiger partial charge in [-0.3, -0.25) is 14.4 Å². The lowest BCUT2D eigenvalue weighted by Crippen LogP contribution is -2.56. The molecule has 3 heterocycles. The molecular weight excluding hydrogens is 578 g/mol. The molecule has 2 unspecified atom stereocenters. The average Bonchev–Trinajstić information content (AvgIpc) is 3.69. The summed E-state index contributed by atoms with van der Waals surface area (Å²) in [4.78, 5) is 49.1. The molecule has 6 rings (SSSR count). The van der Waals surface area contributed by atoms with E-state index in [1.54, 1.807) is 26.9 Å². The number of carbonyl (C=O) groups excluding carboxylic acids is 3. The zero-order chi connectivity index (χ0) is 32.5. The Kier molecular flexibility index (Phi) is 8.86. The van der Waals surface area contributed by atoms with Crippen molar-refractivity contribution in [2.45, 2.75) is 56.4 Å². The van der Waals surface area contributed by atoms with Crippen LogP contribution in [0.4, 0.5) is 5.69 Å². The number of anilines is 1. The van der Waals surface area contributed by atoms with E-state index in [0.29, 0.717) is 44.5 Å². The number of likely N-dealkylation sites (tertiary alicyclic amines) is 1. The molecule has 3 saturated heterocycles. The summed E-state index contributed by atoms with van der Waals surface area (Å²) in [5.41, 5.74) is -0.347. The first-order valence-electron chi connectivity index (χ1n) is 16.3. The molecule has 5 atom stereocenters. The van der Waals surface area contributed by atoms with Crippen LogP contribution in [0.1, 0.15) is 38.2 Å². The molecule has 0 aliphatic carbocycles.